The number of unbranched alkanes of at least 4 members (excludes halogenated alkanes) is 4. The minimum atomic E-state index is -0.517. The highest BCUT2D eigenvalue weighted by molar-refractivity contribution is 6.36. The first kappa shape index (κ1) is 24.8. The molecule has 31 heavy (non-hydrogen) atoms. The fourth-order valence-corrected chi connectivity index (χ4v) is 3.45. The van der Waals surface area contributed by atoms with Gasteiger partial charge in [-0.3, -0.25) is 9.59 Å². The SMILES string of the molecule is CCCCCOc1c(OCCCCC)c(OC(C)=O)c2c(Cl)cccc2c1OC(C)=O. The molecule has 0 heterocycles. The highest BCUT2D eigenvalue weighted by atomic mass is 35.5. The molecule has 0 aliphatic rings. The second kappa shape index (κ2) is 12.4. The van der Waals surface area contributed by atoms with Gasteiger partial charge in [0, 0.05) is 19.2 Å². The van der Waals surface area contributed by atoms with Crippen molar-refractivity contribution in [2.45, 2.75) is 66.2 Å². The summed E-state index contributed by atoms with van der Waals surface area (Å²) in [6.45, 7) is 7.62. The Kier molecular flexibility index (Phi) is 9.92. The summed E-state index contributed by atoms with van der Waals surface area (Å²) in [7, 11) is 0. The highest BCUT2D eigenvalue weighted by Crippen LogP contribution is 2.53. The first-order chi connectivity index (χ1) is 14.9. The van der Waals surface area contributed by atoms with E-state index in [1.807, 2.05) is 0 Å². The molecule has 0 radical (unpaired) electrons. The van der Waals surface area contributed by atoms with Crippen molar-refractivity contribution in [2.24, 2.45) is 0 Å². The van der Waals surface area contributed by atoms with Gasteiger partial charge in [-0.2, -0.15) is 0 Å². The molecule has 0 fully saturated rings. The molecule has 0 atom stereocenters. The Morgan fingerprint density at radius 1 is 0.774 bits per heavy atom. The van der Waals surface area contributed by atoms with Crippen LogP contribution in [-0.2, 0) is 9.59 Å². The van der Waals surface area contributed by atoms with Crippen molar-refractivity contribution in [2.75, 3.05) is 13.2 Å². The number of ether oxygens (including phenoxy) is 4. The van der Waals surface area contributed by atoms with Crippen LogP contribution in [0.15, 0.2) is 18.2 Å². The van der Waals surface area contributed by atoms with E-state index in [0.717, 1.165) is 38.5 Å². The molecule has 0 bridgehead atoms. The fourth-order valence-electron chi connectivity index (χ4n) is 3.19. The first-order valence-electron chi connectivity index (χ1n) is 10.8. The first-order valence-corrected chi connectivity index (χ1v) is 11.2. The normalized spacial score (nSPS) is 10.7. The summed E-state index contributed by atoms with van der Waals surface area (Å²) in [6.07, 6.45) is 5.68. The van der Waals surface area contributed by atoms with Crippen molar-refractivity contribution in [1.82, 2.24) is 0 Å². The molecule has 6 nitrogen and oxygen atoms in total. The molecule has 0 amide bonds. The van der Waals surface area contributed by atoms with Crippen molar-refractivity contribution in [3.8, 4) is 23.0 Å². The van der Waals surface area contributed by atoms with E-state index in [9.17, 15) is 9.59 Å². The molecule has 0 saturated heterocycles. The maximum absolute atomic E-state index is 11.9. The standard InChI is InChI=1S/C24H31ClO6/c1-5-7-9-14-28-23-21(30-16(3)26)18-12-11-13-19(25)20(18)22(31-17(4)27)24(23)29-15-10-8-6-2/h11-13H,5-10,14-15H2,1-4H3. The predicted octanol–water partition coefficient (Wildman–Crippen LogP) is 6.48. The van der Waals surface area contributed by atoms with Gasteiger partial charge in [0.1, 0.15) is 0 Å². The highest BCUT2D eigenvalue weighted by Gasteiger charge is 2.28. The van der Waals surface area contributed by atoms with E-state index in [1.54, 1.807) is 18.2 Å². The van der Waals surface area contributed by atoms with Gasteiger partial charge in [-0.1, -0.05) is 63.3 Å². The molecule has 2 rings (SSSR count). The van der Waals surface area contributed by atoms with E-state index in [1.165, 1.54) is 13.8 Å². The maximum Gasteiger partial charge on any atom is 0.308 e. The molecule has 0 unspecified atom stereocenters. The third-order valence-corrected chi connectivity index (χ3v) is 4.90. The number of carbonyl (C=O) groups is 2. The van der Waals surface area contributed by atoms with E-state index < -0.39 is 11.9 Å². The summed E-state index contributed by atoms with van der Waals surface area (Å²) in [5.74, 6) is -0.170. The third kappa shape index (κ3) is 6.76. The smallest absolute Gasteiger partial charge is 0.308 e. The lowest BCUT2D eigenvalue weighted by Gasteiger charge is -2.21. The van der Waals surface area contributed by atoms with Crippen molar-refractivity contribution in [3.05, 3.63) is 23.2 Å². The van der Waals surface area contributed by atoms with Gasteiger partial charge in [-0.05, 0) is 18.9 Å². The molecule has 0 aromatic heterocycles. The van der Waals surface area contributed by atoms with Gasteiger partial charge in [0.2, 0.25) is 11.5 Å². The number of fused-ring (bicyclic) bond motifs is 1. The largest absolute Gasteiger partial charge is 0.486 e. The van der Waals surface area contributed by atoms with E-state index >= 15 is 0 Å². The van der Waals surface area contributed by atoms with E-state index in [4.69, 9.17) is 30.5 Å². The lowest BCUT2D eigenvalue weighted by molar-refractivity contribution is -0.133. The van der Waals surface area contributed by atoms with Gasteiger partial charge < -0.3 is 18.9 Å². The van der Waals surface area contributed by atoms with Crippen LogP contribution in [0, 0.1) is 0 Å². The molecule has 7 heteroatoms. The average molecular weight is 451 g/mol. The van der Waals surface area contributed by atoms with Gasteiger partial charge in [0.05, 0.1) is 23.6 Å². The second-order valence-electron chi connectivity index (χ2n) is 7.28. The number of carbonyl (C=O) groups excluding carboxylic acids is 2. The monoisotopic (exact) mass is 450 g/mol. The molecular weight excluding hydrogens is 420 g/mol. The van der Waals surface area contributed by atoms with Crippen LogP contribution in [0.4, 0.5) is 0 Å². The molecule has 0 aliphatic carbocycles. The van der Waals surface area contributed by atoms with Crippen molar-refractivity contribution < 1.29 is 28.5 Å². The molecule has 0 spiro atoms. The van der Waals surface area contributed by atoms with Gasteiger partial charge in [0.15, 0.2) is 11.5 Å². The van der Waals surface area contributed by atoms with Crippen molar-refractivity contribution >= 4 is 34.3 Å². The summed E-state index contributed by atoms with van der Waals surface area (Å²) in [4.78, 5) is 23.8. The van der Waals surface area contributed by atoms with Crippen LogP contribution in [0.2, 0.25) is 5.02 Å². The van der Waals surface area contributed by atoms with E-state index in [2.05, 4.69) is 13.8 Å². The zero-order valence-corrected chi connectivity index (χ0v) is 19.5. The summed E-state index contributed by atoms with van der Waals surface area (Å²) in [5.41, 5.74) is 0. The molecule has 170 valence electrons. The van der Waals surface area contributed by atoms with Gasteiger partial charge in [0.25, 0.3) is 0 Å². The Morgan fingerprint density at radius 3 is 1.81 bits per heavy atom. The van der Waals surface area contributed by atoms with Crippen molar-refractivity contribution in [1.29, 1.82) is 0 Å². The Morgan fingerprint density at radius 2 is 1.29 bits per heavy atom. The predicted molar refractivity (Wildman–Crippen MR) is 122 cm³/mol. The molecular formula is C24H31ClO6. The lowest BCUT2D eigenvalue weighted by Crippen LogP contribution is -2.11. The van der Waals surface area contributed by atoms with Crippen LogP contribution in [-0.4, -0.2) is 25.2 Å². The quantitative estimate of drug-likeness (QED) is 0.209. The van der Waals surface area contributed by atoms with E-state index in [-0.39, 0.29) is 23.0 Å². The van der Waals surface area contributed by atoms with Crippen LogP contribution >= 0.6 is 11.6 Å². The van der Waals surface area contributed by atoms with Crippen molar-refractivity contribution in [3.63, 3.8) is 0 Å². The van der Waals surface area contributed by atoms with Gasteiger partial charge in [-0.15, -0.1) is 0 Å². The number of halogens is 1. The minimum Gasteiger partial charge on any atom is -0.486 e. The van der Waals surface area contributed by atoms with Gasteiger partial charge in [-0.25, -0.2) is 0 Å². The summed E-state index contributed by atoms with van der Waals surface area (Å²) in [6, 6.07) is 5.15. The molecule has 0 saturated carbocycles. The molecule has 0 N–H and O–H groups in total. The van der Waals surface area contributed by atoms with Crippen LogP contribution in [0.5, 0.6) is 23.0 Å². The number of benzene rings is 2. The number of rotatable bonds is 12. The summed E-state index contributed by atoms with van der Waals surface area (Å²) < 4.78 is 23.2. The Hall–Kier alpha value is -2.47. The van der Waals surface area contributed by atoms with Crippen LogP contribution < -0.4 is 18.9 Å². The summed E-state index contributed by atoms with van der Waals surface area (Å²) >= 11 is 6.48. The molecule has 2 aromatic carbocycles. The number of esters is 2. The number of hydrogen-bond donors (Lipinski definition) is 0. The van der Waals surface area contributed by atoms with Crippen LogP contribution in [0.1, 0.15) is 66.2 Å². The zero-order valence-electron chi connectivity index (χ0n) is 18.7. The zero-order chi connectivity index (χ0) is 22.8. The second-order valence-corrected chi connectivity index (χ2v) is 7.68. The fraction of sp³-hybridized carbons (Fsp3) is 0.500. The maximum atomic E-state index is 11.9. The van der Waals surface area contributed by atoms with Crippen LogP contribution in [0.25, 0.3) is 10.8 Å². The van der Waals surface area contributed by atoms with E-state index in [0.29, 0.717) is 29.0 Å². The minimum absolute atomic E-state index is 0.172. The number of hydrogen-bond acceptors (Lipinski definition) is 6. The Bertz CT molecular complexity index is 909. The van der Waals surface area contributed by atoms with Crippen LogP contribution in [0.3, 0.4) is 0 Å². The van der Waals surface area contributed by atoms with Gasteiger partial charge >= 0.3 is 11.9 Å². The Balaban J connectivity index is 2.72. The Labute approximate surface area is 188 Å². The molecule has 2 aromatic rings. The molecule has 0 aliphatic heterocycles. The topological polar surface area (TPSA) is 71.1 Å². The third-order valence-electron chi connectivity index (χ3n) is 4.58. The average Bonchev–Trinajstić information content (AvgIpc) is 2.71. The lowest BCUT2D eigenvalue weighted by atomic mass is 10.1. The summed E-state index contributed by atoms with van der Waals surface area (Å²) in [5, 5.41) is 1.28.